The quantitative estimate of drug-likeness (QED) is 0.279. The van der Waals surface area contributed by atoms with Crippen LogP contribution in [0.25, 0.3) is 5.53 Å². The van der Waals surface area contributed by atoms with Gasteiger partial charge in [0.2, 0.25) is 0 Å². The fraction of sp³-hybridized carbons (Fsp3) is 0.308. The van der Waals surface area contributed by atoms with E-state index in [-0.39, 0.29) is 0 Å². The topological polar surface area (TPSA) is 65.8 Å². The first kappa shape index (κ1) is 16.9. The number of carbonyl (C=O) groups is 1. The molecule has 0 aliphatic carbocycles. The van der Waals surface area contributed by atoms with Gasteiger partial charge in [-0.3, -0.25) is 4.79 Å². The highest BCUT2D eigenvalue weighted by molar-refractivity contribution is 8.15. The average Bonchev–Trinajstić information content (AvgIpc) is 2.35. The van der Waals surface area contributed by atoms with Gasteiger partial charge >= 0.3 is 12.1 Å². The molecule has 1 amide bonds. The Bertz CT molecular complexity index is 560. The second kappa shape index (κ2) is 7.55. The van der Waals surface area contributed by atoms with Gasteiger partial charge in [0, 0.05) is 10.6 Å². The third-order valence-electron chi connectivity index (χ3n) is 2.11. The van der Waals surface area contributed by atoms with E-state index in [1.807, 2.05) is 12.1 Å². The Hall–Kier alpha value is -1.20. The van der Waals surface area contributed by atoms with Gasteiger partial charge < -0.3 is 5.53 Å². The second-order valence-electron chi connectivity index (χ2n) is 5.36. The van der Waals surface area contributed by atoms with Crippen LogP contribution in [-0.2, 0) is 4.79 Å². The maximum Gasteiger partial charge on any atom is 0.352 e. The summed E-state index contributed by atoms with van der Waals surface area (Å²) in [7, 11) is -1.27. The first-order valence-corrected chi connectivity index (χ1v) is 11.1. The second-order valence-corrected chi connectivity index (χ2v) is 12.7. The molecule has 0 atom stereocenters. The third kappa shape index (κ3) is 6.30. The minimum absolute atomic E-state index is 0.583. The lowest BCUT2D eigenvalue weighted by Crippen LogP contribution is -2.25. The molecule has 0 saturated carbocycles. The maximum absolute atomic E-state index is 11.5. The fourth-order valence-electron chi connectivity index (χ4n) is 1.24. The maximum atomic E-state index is 11.5. The van der Waals surface area contributed by atoms with E-state index < -0.39 is 14.0 Å². The first-order chi connectivity index (χ1) is 9.31. The average molecular weight is 326 g/mol. The number of rotatable bonds is 4. The molecule has 0 unspecified atom stereocenters. The monoisotopic (exact) mass is 325 g/mol. The number of carbonyl (C=O) groups excluding carboxylic acids is 1. The molecule has 0 heterocycles. The predicted molar refractivity (Wildman–Crippen MR) is 88.5 cm³/mol. The Balaban J connectivity index is 3.03. The highest BCUT2D eigenvalue weighted by Gasteiger charge is 2.17. The van der Waals surface area contributed by atoms with Gasteiger partial charge in [0.15, 0.2) is 0 Å². The highest BCUT2D eigenvalue weighted by Crippen LogP contribution is 2.20. The molecule has 0 radical (unpaired) electrons. The summed E-state index contributed by atoms with van der Waals surface area (Å²) in [4.78, 5) is 18.2. The van der Waals surface area contributed by atoms with Gasteiger partial charge in [0.05, 0.1) is 8.07 Å². The molecule has 1 aromatic carbocycles. The van der Waals surface area contributed by atoms with Gasteiger partial charge in [-0.15, -0.1) is 11.8 Å². The summed E-state index contributed by atoms with van der Waals surface area (Å²) >= 11 is 7.41. The van der Waals surface area contributed by atoms with E-state index in [2.05, 4.69) is 29.4 Å². The van der Waals surface area contributed by atoms with Crippen molar-refractivity contribution < 1.29 is 9.58 Å². The summed E-state index contributed by atoms with van der Waals surface area (Å²) < 4.78 is 0. The molecule has 0 aromatic heterocycles. The van der Waals surface area contributed by atoms with Crippen molar-refractivity contribution in [1.29, 1.82) is 0 Å². The summed E-state index contributed by atoms with van der Waals surface area (Å²) in [5, 5.41) is 2.19. The van der Waals surface area contributed by atoms with Crippen molar-refractivity contribution in [2.45, 2.75) is 19.6 Å². The zero-order chi connectivity index (χ0) is 15.2. The molecular formula is C13H16ClN3OSSi. The van der Waals surface area contributed by atoms with Crippen LogP contribution in [0.5, 0.6) is 0 Å². The molecule has 0 fully saturated rings. The van der Waals surface area contributed by atoms with Crippen LogP contribution in [-0.4, -0.2) is 35.4 Å². The summed E-state index contributed by atoms with van der Waals surface area (Å²) in [6.45, 7) is 6.74. The molecule has 0 N–H and O–H groups in total. The lowest BCUT2D eigenvalue weighted by Gasteiger charge is -2.15. The summed E-state index contributed by atoms with van der Waals surface area (Å²) in [6.07, 6.45) is 0.783. The molecule has 0 bridgehead atoms. The van der Waals surface area contributed by atoms with E-state index in [1.165, 1.54) is 0 Å². The SMILES string of the molecule is C[Si](C)(C)CSC(=NC(=O)C=[N+]=[N-])c1ccc(Cl)cc1. The normalized spacial score (nSPS) is 11.9. The number of hydrogen-bond donors (Lipinski definition) is 0. The number of aliphatic imine (C=N–C) groups is 1. The van der Waals surface area contributed by atoms with E-state index in [0.29, 0.717) is 10.1 Å². The Kier molecular flexibility index (Phi) is 6.36. The largest absolute Gasteiger partial charge is 0.361 e. The number of halogens is 1. The van der Waals surface area contributed by atoms with Gasteiger partial charge in [-0.2, -0.15) is 9.78 Å². The van der Waals surface area contributed by atoms with Gasteiger partial charge in [-0.05, 0) is 17.5 Å². The molecule has 1 rings (SSSR count). The number of amides is 1. The Morgan fingerprint density at radius 2 is 2.00 bits per heavy atom. The first-order valence-electron chi connectivity index (χ1n) is 6.00. The zero-order valence-corrected chi connectivity index (χ0v) is 14.2. The van der Waals surface area contributed by atoms with Crippen molar-refractivity contribution in [2.24, 2.45) is 4.99 Å². The van der Waals surface area contributed by atoms with Crippen LogP contribution in [0.3, 0.4) is 0 Å². The molecule has 20 heavy (non-hydrogen) atoms. The van der Waals surface area contributed by atoms with Gasteiger partial charge in [-0.25, -0.2) is 0 Å². The number of hydrogen-bond acceptors (Lipinski definition) is 2. The smallest absolute Gasteiger partial charge is 0.352 e. The molecule has 0 aliphatic rings. The lowest BCUT2D eigenvalue weighted by molar-refractivity contribution is -0.114. The molecule has 0 saturated heterocycles. The van der Waals surface area contributed by atoms with Crippen LogP contribution >= 0.6 is 23.4 Å². The van der Waals surface area contributed by atoms with Crippen molar-refractivity contribution in [3.63, 3.8) is 0 Å². The summed E-state index contributed by atoms with van der Waals surface area (Å²) in [5.74, 6) is -0.583. The minimum atomic E-state index is -1.27. The Labute approximate surface area is 128 Å². The predicted octanol–water partition coefficient (Wildman–Crippen LogP) is 3.52. The summed E-state index contributed by atoms with van der Waals surface area (Å²) in [6, 6.07) is 7.15. The Morgan fingerprint density at radius 1 is 1.40 bits per heavy atom. The van der Waals surface area contributed by atoms with E-state index in [4.69, 9.17) is 17.1 Å². The van der Waals surface area contributed by atoms with Crippen molar-refractivity contribution in [3.8, 4) is 0 Å². The van der Waals surface area contributed by atoms with Crippen molar-refractivity contribution >= 4 is 48.6 Å². The molecular weight excluding hydrogens is 310 g/mol. The van der Waals surface area contributed by atoms with Crippen LogP contribution in [0.4, 0.5) is 0 Å². The third-order valence-corrected chi connectivity index (χ3v) is 7.01. The van der Waals surface area contributed by atoms with Crippen LogP contribution in [0.1, 0.15) is 5.56 Å². The zero-order valence-electron chi connectivity index (χ0n) is 11.6. The number of benzene rings is 1. The van der Waals surface area contributed by atoms with E-state index in [9.17, 15) is 4.79 Å². The van der Waals surface area contributed by atoms with Crippen LogP contribution in [0.15, 0.2) is 29.3 Å². The minimum Gasteiger partial charge on any atom is -0.361 e. The molecule has 1 aromatic rings. The van der Waals surface area contributed by atoms with Gasteiger partial charge in [0.25, 0.3) is 0 Å². The van der Waals surface area contributed by atoms with E-state index >= 15 is 0 Å². The van der Waals surface area contributed by atoms with E-state index in [1.54, 1.807) is 23.9 Å². The molecule has 7 heteroatoms. The molecule has 0 aliphatic heterocycles. The van der Waals surface area contributed by atoms with Crippen LogP contribution in [0.2, 0.25) is 24.7 Å². The number of thioether (sulfide) groups is 1. The standard InChI is InChI=1S/C13H16ClN3OSSi/c1-20(2,3)9-19-13(17-12(18)8-16-15)10-4-6-11(14)7-5-10/h4-8H,9H2,1-3H3. The highest BCUT2D eigenvalue weighted by atomic mass is 35.5. The van der Waals surface area contributed by atoms with Crippen LogP contribution < -0.4 is 0 Å². The van der Waals surface area contributed by atoms with E-state index in [0.717, 1.165) is 17.2 Å². The van der Waals surface area contributed by atoms with Crippen molar-refractivity contribution in [3.05, 3.63) is 40.4 Å². The lowest BCUT2D eigenvalue weighted by atomic mass is 10.2. The van der Waals surface area contributed by atoms with Gasteiger partial charge in [-0.1, -0.05) is 43.4 Å². The molecule has 4 nitrogen and oxygen atoms in total. The molecule has 0 spiro atoms. The fourth-order valence-corrected chi connectivity index (χ4v) is 4.10. The molecule has 106 valence electrons. The van der Waals surface area contributed by atoms with Crippen LogP contribution in [0, 0.1) is 0 Å². The Morgan fingerprint density at radius 3 is 2.50 bits per heavy atom. The van der Waals surface area contributed by atoms with Crippen molar-refractivity contribution in [1.82, 2.24) is 0 Å². The number of nitrogens with zero attached hydrogens (tertiary/aromatic N) is 3. The van der Waals surface area contributed by atoms with Gasteiger partial charge in [0.1, 0.15) is 5.04 Å². The van der Waals surface area contributed by atoms with Crippen molar-refractivity contribution in [2.75, 3.05) is 5.38 Å². The summed E-state index contributed by atoms with van der Waals surface area (Å²) in [5.41, 5.74) is 9.21.